The van der Waals surface area contributed by atoms with Crippen molar-refractivity contribution in [3.8, 4) is 0 Å². The van der Waals surface area contributed by atoms with Gasteiger partial charge in [-0.3, -0.25) is 4.79 Å². The summed E-state index contributed by atoms with van der Waals surface area (Å²) in [4.78, 5) is 14.8. The average molecular weight is 339 g/mol. The lowest BCUT2D eigenvalue weighted by Crippen LogP contribution is -2.46. The molecule has 0 spiro atoms. The molecule has 1 heterocycles. The van der Waals surface area contributed by atoms with Crippen LogP contribution in [0.4, 0.5) is 0 Å². The lowest BCUT2D eigenvalue weighted by Gasteiger charge is -2.34. The maximum Gasteiger partial charge on any atom is 0.223 e. The van der Waals surface area contributed by atoms with Crippen LogP contribution in [0.2, 0.25) is 0 Å². The predicted molar refractivity (Wildman–Crippen MR) is 99.4 cm³/mol. The van der Waals surface area contributed by atoms with E-state index in [1.807, 2.05) is 0 Å². The zero-order chi connectivity index (χ0) is 15.9. The molecule has 23 heavy (non-hydrogen) atoms. The fourth-order valence-electron chi connectivity index (χ4n) is 3.38. The molecule has 0 aromatic heterocycles. The molecule has 1 saturated heterocycles. The van der Waals surface area contributed by atoms with Crippen molar-refractivity contribution in [2.75, 3.05) is 19.6 Å². The second-order valence-electron chi connectivity index (χ2n) is 6.50. The Kier molecular flexibility index (Phi) is 8.64. The highest BCUT2D eigenvalue weighted by Gasteiger charge is 2.24. The van der Waals surface area contributed by atoms with Crippen molar-refractivity contribution < 1.29 is 4.79 Å². The number of nitrogens with one attached hydrogen (secondary N) is 1. The van der Waals surface area contributed by atoms with Crippen LogP contribution in [0.15, 0.2) is 18.2 Å². The quantitative estimate of drug-likeness (QED) is 0.858. The fourth-order valence-corrected chi connectivity index (χ4v) is 3.38. The third-order valence-electron chi connectivity index (χ3n) is 4.64. The molecule has 130 valence electrons. The van der Waals surface area contributed by atoms with E-state index in [2.05, 4.69) is 49.2 Å². The van der Waals surface area contributed by atoms with Gasteiger partial charge in [0.25, 0.3) is 0 Å². The van der Waals surface area contributed by atoms with Crippen LogP contribution in [-0.2, 0) is 11.2 Å². The van der Waals surface area contributed by atoms with Gasteiger partial charge in [-0.1, -0.05) is 30.7 Å². The van der Waals surface area contributed by atoms with Crippen molar-refractivity contribution in [2.45, 2.75) is 58.9 Å². The van der Waals surface area contributed by atoms with Gasteiger partial charge in [-0.15, -0.1) is 12.4 Å². The summed E-state index contributed by atoms with van der Waals surface area (Å²) in [5.41, 5.74) is 3.90. The van der Waals surface area contributed by atoms with E-state index in [1.54, 1.807) is 0 Å². The van der Waals surface area contributed by atoms with Gasteiger partial charge in [0.05, 0.1) is 0 Å². The average Bonchev–Trinajstić information content (AvgIpc) is 2.52. The van der Waals surface area contributed by atoms with Gasteiger partial charge < -0.3 is 10.2 Å². The largest absolute Gasteiger partial charge is 0.340 e. The van der Waals surface area contributed by atoms with Crippen LogP contribution < -0.4 is 5.32 Å². The Morgan fingerprint density at radius 3 is 2.57 bits per heavy atom. The van der Waals surface area contributed by atoms with Gasteiger partial charge in [-0.25, -0.2) is 0 Å². The number of amides is 1. The van der Waals surface area contributed by atoms with Crippen LogP contribution in [0.3, 0.4) is 0 Å². The zero-order valence-electron chi connectivity index (χ0n) is 14.7. The monoisotopic (exact) mass is 338 g/mol. The van der Waals surface area contributed by atoms with Crippen molar-refractivity contribution in [3.05, 3.63) is 34.9 Å². The minimum Gasteiger partial charge on any atom is -0.340 e. The van der Waals surface area contributed by atoms with E-state index in [0.717, 1.165) is 45.3 Å². The number of hydrogen-bond donors (Lipinski definition) is 1. The summed E-state index contributed by atoms with van der Waals surface area (Å²) in [6.45, 7) is 9.39. The lowest BCUT2D eigenvalue weighted by molar-refractivity contribution is -0.134. The molecular formula is C19H31ClN2O. The fraction of sp³-hybridized carbons (Fsp3) is 0.632. The summed E-state index contributed by atoms with van der Waals surface area (Å²) >= 11 is 0. The van der Waals surface area contributed by atoms with Crippen molar-refractivity contribution in [1.82, 2.24) is 10.2 Å². The van der Waals surface area contributed by atoms with Crippen LogP contribution in [-0.4, -0.2) is 36.5 Å². The highest BCUT2D eigenvalue weighted by atomic mass is 35.5. The molecule has 4 heteroatoms. The molecule has 0 unspecified atom stereocenters. The second-order valence-corrected chi connectivity index (χ2v) is 6.50. The minimum absolute atomic E-state index is 0. The number of nitrogens with zero attached hydrogens (tertiary/aromatic N) is 1. The number of carbonyl (C=O) groups excluding carboxylic acids is 1. The number of rotatable bonds is 6. The molecule has 0 saturated carbocycles. The molecule has 0 bridgehead atoms. The molecule has 1 aliphatic rings. The standard InChI is InChI=1S/C19H30N2O.ClH/c1-4-13-21(18-9-11-20-12-10-18)19(22)8-7-17-6-5-15(2)14-16(17)3;/h5-6,14,18,20H,4,7-13H2,1-3H3;1H. The summed E-state index contributed by atoms with van der Waals surface area (Å²) in [7, 11) is 0. The van der Waals surface area contributed by atoms with Crippen molar-refractivity contribution in [3.63, 3.8) is 0 Å². The first-order valence-corrected chi connectivity index (χ1v) is 8.68. The van der Waals surface area contributed by atoms with Crippen LogP contribution >= 0.6 is 12.4 Å². The van der Waals surface area contributed by atoms with E-state index in [4.69, 9.17) is 0 Å². The van der Waals surface area contributed by atoms with Gasteiger partial charge in [0, 0.05) is 19.0 Å². The number of hydrogen-bond acceptors (Lipinski definition) is 2. The Morgan fingerprint density at radius 2 is 1.96 bits per heavy atom. The number of piperidine rings is 1. The van der Waals surface area contributed by atoms with Crippen LogP contribution in [0.1, 0.15) is 49.3 Å². The number of benzene rings is 1. The first-order valence-electron chi connectivity index (χ1n) is 8.68. The summed E-state index contributed by atoms with van der Waals surface area (Å²) in [5.74, 6) is 0.328. The second kappa shape index (κ2) is 9.94. The third-order valence-corrected chi connectivity index (χ3v) is 4.64. The van der Waals surface area contributed by atoms with E-state index in [9.17, 15) is 4.79 Å². The van der Waals surface area contributed by atoms with Gasteiger partial charge in [0.1, 0.15) is 0 Å². The maximum atomic E-state index is 12.7. The van der Waals surface area contributed by atoms with Gasteiger partial charge in [0.15, 0.2) is 0 Å². The maximum absolute atomic E-state index is 12.7. The molecule has 3 nitrogen and oxygen atoms in total. The van der Waals surface area contributed by atoms with Crippen molar-refractivity contribution in [2.24, 2.45) is 0 Å². The molecule has 1 fully saturated rings. The summed E-state index contributed by atoms with van der Waals surface area (Å²) in [6, 6.07) is 6.96. The first kappa shape index (κ1) is 20.0. The Hall–Kier alpha value is -1.06. The van der Waals surface area contributed by atoms with Crippen molar-refractivity contribution in [1.29, 1.82) is 0 Å². The summed E-state index contributed by atoms with van der Waals surface area (Å²) < 4.78 is 0. The van der Waals surface area contributed by atoms with Crippen LogP contribution in [0, 0.1) is 13.8 Å². The summed E-state index contributed by atoms with van der Waals surface area (Å²) in [6.07, 6.45) is 4.72. The van der Waals surface area contributed by atoms with Gasteiger partial charge >= 0.3 is 0 Å². The molecule has 1 aromatic rings. The molecule has 0 aliphatic carbocycles. The topological polar surface area (TPSA) is 32.3 Å². The Labute approximate surface area is 147 Å². The van der Waals surface area contributed by atoms with E-state index < -0.39 is 0 Å². The third kappa shape index (κ3) is 5.82. The zero-order valence-corrected chi connectivity index (χ0v) is 15.5. The molecule has 0 atom stereocenters. The predicted octanol–water partition coefficient (Wildman–Crippen LogP) is 3.65. The Balaban J connectivity index is 0.00000264. The molecule has 1 aromatic carbocycles. The number of carbonyl (C=O) groups is 1. The molecule has 1 aliphatic heterocycles. The molecule has 0 radical (unpaired) electrons. The van der Waals surface area contributed by atoms with E-state index >= 15 is 0 Å². The van der Waals surface area contributed by atoms with Crippen LogP contribution in [0.25, 0.3) is 0 Å². The van der Waals surface area contributed by atoms with E-state index in [1.165, 1.54) is 16.7 Å². The van der Waals surface area contributed by atoms with E-state index in [0.29, 0.717) is 18.4 Å². The molecule has 2 rings (SSSR count). The molecular weight excluding hydrogens is 308 g/mol. The minimum atomic E-state index is 0. The number of halogens is 1. The van der Waals surface area contributed by atoms with Gasteiger partial charge in [0.2, 0.25) is 5.91 Å². The molecule has 1 amide bonds. The highest BCUT2D eigenvalue weighted by Crippen LogP contribution is 2.17. The van der Waals surface area contributed by atoms with Crippen molar-refractivity contribution >= 4 is 18.3 Å². The van der Waals surface area contributed by atoms with Gasteiger partial charge in [-0.2, -0.15) is 0 Å². The molecule has 1 N–H and O–H groups in total. The summed E-state index contributed by atoms with van der Waals surface area (Å²) in [5, 5.41) is 3.38. The Bertz CT molecular complexity index is 498. The van der Waals surface area contributed by atoms with Gasteiger partial charge in [-0.05, 0) is 63.7 Å². The van der Waals surface area contributed by atoms with E-state index in [-0.39, 0.29) is 12.4 Å². The SMILES string of the molecule is CCCN(C(=O)CCc1ccc(C)cc1C)C1CCNCC1.Cl. The number of aryl methyl sites for hydroxylation is 3. The highest BCUT2D eigenvalue weighted by molar-refractivity contribution is 5.85. The van der Waals surface area contributed by atoms with Crippen LogP contribution in [0.5, 0.6) is 0 Å². The smallest absolute Gasteiger partial charge is 0.223 e. The lowest BCUT2D eigenvalue weighted by atomic mass is 10.00. The Morgan fingerprint density at radius 1 is 1.26 bits per heavy atom. The first-order chi connectivity index (χ1) is 10.6. The normalized spacial score (nSPS) is 15.1.